The van der Waals surface area contributed by atoms with E-state index in [0.29, 0.717) is 20.7 Å². The summed E-state index contributed by atoms with van der Waals surface area (Å²) in [6.07, 6.45) is 0. The average molecular weight is 331 g/mol. The van der Waals surface area contributed by atoms with Gasteiger partial charge in [-0.1, -0.05) is 11.6 Å². The van der Waals surface area contributed by atoms with E-state index < -0.39 is 11.9 Å². The third kappa shape index (κ3) is 3.01. The Balaban J connectivity index is 0.00000106. The molecule has 0 amide bonds. The minimum absolute atomic E-state index is 0.0333. The minimum atomic E-state index is -1.41. The number of hydrogen-bond donors (Lipinski definition) is 2. The molecule has 0 aliphatic carbocycles. The van der Waals surface area contributed by atoms with Crippen molar-refractivity contribution in [1.29, 1.82) is 0 Å². The Morgan fingerprint density at radius 3 is 2.43 bits per heavy atom. The smallest absolute Gasteiger partial charge is 0.348 e. The van der Waals surface area contributed by atoms with Gasteiger partial charge in [0.05, 0.1) is 13.1 Å². The Hall–Kier alpha value is -1.67. The summed E-state index contributed by atoms with van der Waals surface area (Å²) in [7, 11) is 1.21. The second kappa shape index (κ2) is 6.86. The highest BCUT2D eigenvalue weighted by Gasteiger charge is 2.23. The lowest BCUT2D eigenvalue weighted by Crippen LogP contribution is -2.59. The molecule has 2 aromatic rings. The van der Waals surface area contributed by atoms with Crippen molar-refractivity contribution in [3.63, 3.8) is 0 Å². The monoisotopic (exact) mass is 330 g/mol. The zero-order valence-electron chi connectivity index (χ0n) is 11.8. The standard InChI is InChI=1S/C13H11ClO4S.H4N2/c1-5-4-7(14)6(2)8-9(12(15)16)11(13(17)18-3)19-10(5)8;1-2/h4H,1-3H3,(H,15,16);1-2H2. The van der Waals surface area contributed by atoms with Crippen LogP contribution in [-0.2, 0) is 4.74 Å². The molecule has 0 unspecified atom stereocenters. The molecule has 0 spiro atoms. The number of carbonyl (C=O) groups excluding carboxylic acids is 2. The van der Waals surface area contributed by atoms with Crippen molar-refractivity contribution in [1.82, 2.24) is 0 Å². The normalized spacial score (nSPS) is 10.0. The van der Waals surface area contributed by atoms with E-state index in [1.807, 2.05) is 6.92 Å². The highest BCUT2D eigenvalue weighted by atomic mass is 35.5. The number of fused-ring (bicyclic) bond motifs is 1. The fourth-order valence-corrected chi connectivity index (χ4v) is 3.47. The first-order valence-electron chi connectivity index (χ1n) is 5.81. The first kappa shape index (κ1) is 17.4. The first-order chi connectivity index (χ1) is 9.88. The van der Waals surface area contributed by atoms with Crippen LogP contribution in [0.15, 0.2) is 6.07 Å². The van der Waals surface area contributed by atoms with Gasteiger partial charge in [0.2, 0.25) is 0 Å². The lowest BCUT2D eigenvalue weighted by Gasteiger charge is -2.08. The van der Waals surface area contributed by atoms with Crippen molar-refractivity contribution < 1.29 is 25.3 Å². The van der Waals surface area contributed by atoms with Crippen LogP contribution in [-0.4, -0.2) is 19.0 Å². The number of nitrogens with two attached hydrogens (primary N) is 1. The van der Waals surface area contributed by atoms with Crippen molar-refractivity contribution in [2.24, 2.45) is 5.84 Å². The third-order valence-corrected chi connectivity index (χ3v) is 4.62. The van der Waals surface area contributed by atoms with Crippen molar-refractivity contribution in [3.8, 4) is 0 Å². The molecule has 6 nitrogen and oxygen atoms in total. The highest BCUT2D eigenvalue weighted by Crippen LogP contribution is 2.38. The van der Waals surface area contributed by atoms with E-state index in [-0.39, 0.29) is 10.4 Å². The molecule has 0 atom stereocenters. The Morgan fingerprint density at radius 2 is 1.95 bits per heavy atom. The molecule has 1 aromatic heterocycles. The lowest BCUT2D eigenvalue weighted by atomic mass is 10.0. The third-order valence-electron chi connectivity index (χ3n) is 2.92. The molecule has 0 aliphatic rings. The maximum atomic E-state index is 11.7. The Bertz CT molecular complexity index is 712. The maximum absolute atomic E-state index is 11.7. The van der Waals surface area contributed by atoms with E-state index in [9.17, 15) is 14.7 Å². The van der Waals surface area contributed by atoms with Crippen molar-refractivity contribution >= 4 is 45.0 Å². The molecule has 114 valence electrons. The topological polar surface area (TPSA) is 120 Å². The number of methoxy groups -OCH3 is 1. The average Bonchev–Trinajstić information content (AvgIpc) is 2.87. The number of aryl methyl sites for hydroxylation is 2. The zero-order valence-corrected chi connectivity index (χ0v) is 13.4. The van der Waals surface area contributed by atoms with Crippen molar-refractivity contribution in [2.45, 2.75) is 13.8 Å². The Morgan fingerprint density at radius 1 is 1.38 bits per heavy atom. The summed E-state index contributed by atoms with van der Waals surface area (Å²) in [5.74, 6) is 4.91. The number of rotatable bonds is 2. The first-order valence-corrected chi connectivity index (χ1v) is 7.00. The highest BCUT2D eigenvalue weighted by molar-refractivity contribution is 7.21. The van der Waals surface area contributed by atoms with Crippen molar-refractivity contribution in [3.05, 3.63) is 32.7 Å². The number of thiophene rings is 1. The summed E-state index contributed by atoms with van der Waals surface area (Å²) in [6, 6.07) is 1.75. The van der Waals surface area contributed by atoms with E-state index in [2.05, 4.69) is 16.4 Å². The number of esters is 1. The van der Waals surface area contributed by atoms with Gasteiger partial charge in [0.25, 0.3) is 0 Å². The Labute approximate surface area is 130 Å². The second-order valence-electron chi connectivity index (χ2n) is 4.09. The van der Waals surface area contributed by atoms with E-state index in [1.165, 1.54) is 7.11 Å². The minimum Gasteiger partial charge on any atom is -0.545 e. The predicted octanol–water partition coefficient (Wildman–Crippen LogP) is 0.424. The SMILES string of the molecule is COC(=O)c1sc2c(C)cc(Cl)c(C)c2c1C(=O)[O-].N[NH3+]. The molecule has 0 saturated heterocycles. The molecular formula is C13H15ClN2O4S. The maximum Gasteiger partial charge on any atom is 0.348 e. The number of ether oxygens (including phenoxy) is 1. The number of carboxylic acid groups (broad SMARTS) is 1. The molecule has 0 bridgehead atoms. The van der Waals surface area contributed by atoms with Crippen LogP contribution in [0.3, 0.4) is 0 Å². The molecule has 1 heterocycles. The van der Waals surface area contributed by atoms with E-state index in [1.54, 1.807) is 13.0 Å². The van der Waals surface area contributed by atoms with E-state index >= 15 is 0 Å². The van der Waals surface area contributed by atoms with Crippen LogP contribution in [0.5, 0.6) is 0 Å². The van der Waals surface area contributed by atoms with E-state index in [0.717, 1.165) is 16.9 Å². The molecule has 1 aromatic carbocycles. The number of carboxylic acids is 1. The number of hydrogen-bond acceptors (Lipinski definition) is 6. The van der Waals surface area contributed by atoms with Crippen LogP contribution >= 0.6 is 22.9 Å². The number of benzene rings is 1. The molecular weight excluding hydrogens is 316 g/mol. The Kier molecular flexibility index (Phi) is 5.68. The number of halogens is 1. The molecule has 2 rings (SSSR count). The quantitative estimate of drug-likeness (QED) is 0.470. The van der Waals surface area contributed by atoms with Crippen LogP contribution in [0.4, 0.5) is 0 Å². The van der Waals surface area contributed by atoms with E-state index in [4.69, 9.17) is 11.6 Å². The summed E-state index contributed by atoms with van der Waals surface area (Å²) >= 11 is 7.15. The zero-order chi connectivity index (χ0) is 16.3. The molecule has 0 aliphatic heterocycles. The number of quaternary nitrogens is 1. The van der Waals surface area contributed by atoms with Crippen LogP contribution < -0.4 is 16.8 Å². The molecule has 8 heteroatoms. The molecule has 21 heavy (non-hydrogen) atoms. The lowest BCUT2D eigenvalue weighted by molar-refractivity contribution is -0.379. The van der Waals surface area contributed by atoms with Gasteiger partial charge in [-0.2, -0.15) is 5.84 Å². The fraction of sp³-hybridized carbons (Fsp3) is 0.231. The van der Waals surface area contributed by atoms with Crippen LogP contribution in [0.25, 0.3) is 10.1 Å². The number of carbonyl (C=O) groups is 2. The van der Waals surface area contributed by atoms with Gasteiger partial charge in [0.1, 0.15) is 4.88 Å². The second-order valence-corrected chi connectivity index (χ2v) is 5.52. The van der Waals surface area contributed by atoms with Gasteiger partial charge in [-0.05, 0) is 31.0 Å². The van der Waals surface area contributed by atoms with Gasteiger partial charge in [-0.3, -0.25) is 5.84 Å². The predicted molar refractivity (Wildman–Crippen MR) is 79.1 cm³/mol. The molecule has 0 radical (unpaired) electrons. The van der Waals surface area contributed by atoms with Crippen LogP contribution in [0, 0.1) is 13.8 Å². The fourth-order valence-electron chi connectivity index (χ4n) is 1.98. The summed E-state index contributed by atoms with van der Waals surface area (Å²) in [6.45, 7) is 3.52. The van der Waals surface area contributed by atoms with Gasteiger partial charge in [-0.25, -0.2) is 4.79 Å². The van der Waals surface area contributed by atoms with Gasteiger partial charge >= 0.3 is 5.97 Å². The summed E-state index contributed by atoms with van der Waals surface area (Å²) in [4.78, 5) is 23.1. The summed E-state index contributed by atoms with van der Waals surface area (Å²) < 4.78 is 5.32. The van der Waals surface area contributed by atoms with Gasteiger partial charge in [0.15, 0.2) is 0 Å². The van der Waals surface area contributed by atoms with Crippen LogP contribution in [0.1, 0.15) is 31.2 Å². The van der Waals surface area contributed by atoms with Gasteiger partial charge < -0.3 is 14.6 Å². The van der Waals surface area contributed by atoms with Gasteiger partial charge in [0, 0.05) is 20.7 Å². The van der Waals surface area contributed by atoms with Crippen molar-refractivity contribution in [2.75, 3.05) is 7.11 Å². The number of aromatic carboxylic acids is 1. The van der Waals surface area contributed by atoms with Crippen LogP contribution in [0.2, 0.25) is 5.02 Å². The largest absolute Gasteiger partial charge is 0.545 e. The molecule has 0 fully saturated rings. The molecule has 0 saturated carbocycles. The summed E-state index contributed by atoms with van der Waals surface area (Å²) in [5, 5.41) is 12.3. The molecule has 5 N–H and O–H groups in total. The summed E-state index contributed by atoms with van der Waals surface area (Å²) in [5.41, 5.74) is 1.29. The van der Waals surface area contributed by atoms with Gasteiger partial charge in [-0.15, -0.1) is 11.3 Å².